The van der Waals surface area contributed by atoms with E-state index >= 15 is 0 Å². The molecule has 18 heavy (non-hydrogen) atoms. The number of nitrogens with one attached hydrogen (secondary N) is 1. The molecule has 0 aromatic heterocycles. The van der Waals surface area contributed by atoms with Crippen LogP contribution in [-0.4, -0.2) is 63.5 Å². The first-order valence-electron chi connectivity index (χ1n) is 7.57. The van der Waals surface area contributed by atoms with Crippen molar-refractivity contribution in [2.45, 2.75) is 38.2 Å². The Balaban J connectivity index is 1.35. The quantitative estimate of drug-likeness (QED) is 0.663. The van der Waals surface area contributed by atoms with Crippen LogP contribution in [0.25, 0.3) is 0 Å². The summed E-state index contributed by atoms with van der Waals surface area (Å²) in [5, 5.41) is 3.54. The zero-order valence-corrected chi connectivity index (χ0v) is 11.5. The topological polar surface area (TPSA) is 33.7 Å². The van der Waals surface area contributed by atoms with Gasteiger partial charge in [-0.15, -0.1) is 0 Å². The van der Waals surface area contributed by atoms with Gasteiger partial charge in [0.15, 0.2) is 0 Å². The summed E-state index contributed by atoms with van der Waals surface area (Å²) in [5.41, 5.74) is 0. The summed E-state index contributed by atoms with van der Waals surface area (Å²) < 4.78 is 11.0. The van der Waals surface area contributed by atoms with Crippen molar-refractivity contribution < 1.29 is 9.47 Å². The number of morpholine rings is 1. The Morgan fingerprint density at radius 3 is 2.67 bits per heavy atom. The molecule has 2 aliphatic rings. The van der Waals surface area contributed by atoms with Crippen molar-refractivity contribution in [1.82, 2.24) is 10.2 Å². The van der Waals surface area contributed by atoms with Crippen LogP contribution in [0.4, 0.5) is 0 Å². The predicted molar refractivity (Wildman–Crippen MR) is 73.0 cm³/mol. The number of ether oxygens (including phenoxy) is 2. The van der Waals surface area contributed by atoms with Crippen molar-refractivity contribution in [1.29, 1.82) is 0 Å². The zero-order valence-electron chi connectivity index (χ0n) is 11.5. The minimum absolute atomic E-state index is 0.556. The van der Waals surface area contributed by atoms with Crippen LogP contribution in [0.1, 0.15) is 32.1 Å². The van der Waals surface area contributed by atoms with Crippen LogP contribution in [-0.2, 0) is 9.47 Å². The van der Waals surface area contributed by atoms with Gasteiger partial charge in [0.05, 0.1) is 19.3 Å². The van der Waals surface area contributed by atoms with Gasteiger partial charge < -0.3 is 14.8 Å². The molecule has 1 unspecified atom stereocenters. The molecule has 2 rings (SSSR count). The molecular formula is C14H28N2O2. The van der Waals surface area contributed by atoms with Crippen molar-refractivity contribution in [3.63, 3.8) is 0 Å². The first kappa shape index (κ1) is 14.3. The Hall–Kier alpha value is -0.160. The van der Waals surface area contributed by atoms with Gasteiger partial charge in [-0.1, -0.05) is 0 Å². The molecular weight excluding hydrogens is 228 g/mol. The number of hydrogen-bond acceptors (Lipinski definition) is 4. The van der Waals surface area contributed by atoms with E-state index in [2.05, 4.69) is 10.2 Å². The lowest BCUT2D eigenvalue weighted by molar-refractivity contribution is 0.0374. The normalized spacial score (nSPS) is 25.7. The zero-order chi connectivity index (χ0) is 12.5. The summed E-state index contributed by atoms with van der Waals surface area (Å²) in [4.78, 5) is 2.50. The molecule has 2 fully saturated rings. The minimum atomic E-state index is 0.556. The van der Waals surface area contributed by atoms with Crippen LogP contribution < -0.4 is 5.32 Å². The molecule has 0 radical (unpaired) electrons. The second-order valence-electron chi connectivity index (χ2n) is 5.33. The SMILES string of the molecule is C(CNCCCN1CCOCC1)CC1CCCO1. The number of nitrogens with zero attached hydrogens (tertiary/aromatic N) is 1. The van der Waals surface area contributed by atoms with E-state index in [1.165, 1.54) is 38.6 Å². The van der Waals surface area contributed by atoms with Crippen molar-refractivity contribution in [2.24, 2.45) is 0 Å². The molecule has 2 saturated heterocycles. The van der Waals surface area contributed by atoms with E-state index in [0.29, 0.717) is 6.10 Å². The van der Waals surface area contributed by atoms with E-state index in [-0.39, 0.29) is 0 Å². The summed E-state index contributed by atoms with van der Waals surface area (Å²) in [7, 11) is 0. The Kier molecular flexibility index (Phi) is 7.01. The fraction of sp³-hybridized carbons (Fsp3) is 1.00. The van der Waals surface area contributed by atoms with E-state index in [1.807, 2.05) is 0 Å². The Morgan fingerprint density at radius 2 is 1.89 bits per heavy atom. The molecule has 0 aromatic rings. The summed E-state index contributed by atoms with van der Waals surface area (Å²) in [6, 6.07) is 0. The molecule has 0 aliphatic carbocycles. The molecule has 0 saturated carbocycles. The van der Waals surface area contributed by atoms with Gasteiger partial charge in [-0.3, -0.25) is 4.90 Å². The van der Waals surface area contributed by atoms with Gasteiger partial charge in [0.2, 0.25) is 0 Å². The van der Waals surface area contributed by atoms with Gasteiger partial charge in [-0.2, -0.15) is 0 Å². The lowest BCUT2D eigenvalue weighted by Crippen LogP contribution is -2.37. The third-order valence-corrected chi connectivity index (χ3v) is 3.84. The van der Waals surface area contributed by atoms with E-state index < -0.39 is 0 Å². The fourth-order valence-electron chi connectivity index (χ4n) is 2.70. The molecule has 4 heteroatoms. The third kappa shape index (κ3) is 5.65. The molecule has 1 N–H and O–H groups in total. The molecule has 0 amide bonds. The summed E-state index contributed by atoms with van der Waals surface area (Å²) in [6.07, 6.45) is 6.83. The van der Waals surface area contributed by atoms with E-state index in [1.54, 1.807) is 0 Å². The van der Waals surface area contributed by atoms with Crippen molar-refractivity contribution in [2.75, 3.05) is 52.5 Å². The van der Waals surface area contributed by atoms with E-state index in [9.17, 15) is 0 Å². The molecule has 2 aliphatic heterocycles. The van der Waals surface area contributed by atoms with Gasteiger partial charge >= 0.3 is 0 Å². The van der Waals surface area contributed by atoms with Crippen molar-refractivity contribution >= 4 is 0 Å². The molecule has 4 nitrogen and oxygen atoms in total. The van der Waals surface area contributed by atoms with E-state index in [4.69, 9.17) is 9.47 Å². The molecule has 2 heterocycles. The molecule has 106 valence electrons. The van der Waals surface area contributed by atoms with Crippen LogP contribution >= 0.6 is 0 Å². The first-order valence-corrected chi connectivity index (χ1v) is 7.57. The number of rotatable bonds is 8. The highest BCUT2D eigenvalue weighted by Gasteiger charge is 2.14. The monoisotopic (exact) mass is 256 g/mol. The third-order valence-electron chi connectivity index (χ3n) is 3.84. The maximum atomic E-state index is 5.61. The maximum absolute atomic E-state index is 5.61. The molecule has 0 aromatic carbocycles. The lowest BCUT2D eigenvalue weighted by Gasteiger charge is -2.26. The summed E-state index contributed by atoms with van der Waals surface area (Å²) in [5.74, 6) is 0. The fourth-order valence-corrected chi connectivity index (χ4v) is 2.70. The van der Waals surface area contributed by atoms with Crippen molar-refractivity contribution in [3.8, 4) is 0 Å². The van der Waals surface area contributed by atoms with Crippen LogP contribution in [0.3, 0.4) is 0 Å². The van der Waals surface area contributed by atoms with Crippen LogP contribution in [0.2, 0.25) is 0 Å². The average Bonchev–Trinajstić information content (AvgIpc) is 2.92. The average molecular weight is 256 g/mol. The highest BCUT2D eigenvalue weighted by molar-refractivity contribution is 4.66. The Labute approximate surface area is 111 Å². The van der Waals surface area contributed by atoms with Crippen LogP contribution in [0.5, 0.6) is 0 Å². The lowest BCUT2D eigenvalue weighted by atomic mass is 10.1. The standard InChI is InChI=1S/C14H28N2O2/c1(4-14-5-2-11-18-14)6-15-7-3-8-16-9-12-17-13-10-16/h14-15H,1-13H2. The predicted octanol–water partition coefficient (Wildman–Crippen LogP) is 1.26. The van der Waals surface area contributed by atoms with Gasteiger partial charge in [-0.25, -0.2) is 0 Å². The van der Waals surface area contributed by atoms with Gasteiger partial charge in [0.1, 0.15) is 0 Å². The van der Waals surface area contributed by atoms with E-state index in [0.717, 1.165) is 46.0 Å². The highest BCUT2D eigenvalue weighted by Crippen LogP contribution is 2.16. The summed E-state index contributed by atoms with van der Waals surface area (Å²) in [6.45, 7) is 8.52. The number of hydrogen-bond donors (Lipinski definition) is 1. The van der Waals surface area contributed by atoms with Gasteiger partial charge in [0, 0.05) is 19.7 Å². The largest absolute Gasteiger partial charge is 0.379 e. The van der Waals surface area contributed by atoms with Crippen molar-refractivity contribution in [3.05, 3.63) is 0 Å². The Bertz CT molecular complexity index is 202. The Morgan fingerprint density at radius 1 is 1.06 bits per heavy atom. The molecule has 1 atom stereocenters. The van der Waals surface area contributed by atoms with Crippen LogP contribution in [0.15, 0.2) is 0 Å². The molecule has 0 bridgehead atoms. The maximum Gasteiger partial charge on any atom is 0.0594 e. The summed E-state index contributed by atoms with van der Waals surface area (Å²) >= 11 is 0. The van der Waals surface area contributed by atoms with Gasteiger partial charge in [0.25, 0.3) is 0 Å². The van der Waals surface area contributed by atoms with Gasteiger partial charge in [-0.05, 0) is 51.7 Å². The first-order chi connectivity index (χ1) is 8.95. The molecule has 0 spiro atoms. The minimum Gasteiger partial charge on any atom is -0.379 e. The smallest absolute Gasteiger partial charge is 0.0594 e. The second kappa shape index (κ2) is 8.86. The highest BCUT2D eigenvalue weighted by atomic mass is 16.5. The second-order valence-corrected chi connectivity index (χ2v) is 5.33. The van der Waals surface area contributed by atoms with Crippen LogP contribution in [0, 0.1) is 0 Å².